The molecule has 6 heteroatoms. The molecule has 1 saturated carbocycles. The van der Waals surface area contributed by atoms with Crippen molar-refractivity contribution in [3.8, 4) is 0 Å². The lowest BCUT2D eigenvalue weighted by atomic mass is 9.92. The van der Waals surface area contributed by atoms with Crippen molar-refractivity contribution >= 4 is 23.5 Å². The van der Waals surface area contributed by atoms with Crippen molar-refractivity contribution in [2.45, 2.75) is 24.7 Å². The molecule has 2 amide bonds. The van der Waals surface area contributed by atoms with Crippen LogP contribution in [0.1, 0.15) is 24.8 Å². The monoisotopic (exact) mass is 288 g/mol. The SMILES string of the molecule is O=C(O)CC1(c2ccc(N3CC(=O)NCC3=O)cc2)CC1. The Morgan fingerprint density at radius 3 is 2.48 bits per heavy atom. The van der Waals surface area contributed by atoms with Crippen LogP contribution in [-0.4, -0.2) is 36.0 Å². The van der Waals surface area contributed by atoms with Gasteiger partial charge in [-0.25, -0.2) is 0 Å². The number of carboxylic acid groups (broad SMARTS) is 1. The average molecular weight is 288 g/mol. The van der Waals surface area contributed by atoms with Crippen LogP contribution in [0, 0.1) is 0 Å². The topological polar surface area (TPSA) is 86.7 Å². The van der Waals surface area contributed by atoms with E-state index in [9.17, 15) is 14.4 Å². The summed E-state index contributed by atoms with van der Waals surface area (Å²) < 4.78 is 0. The molecule has 1 aromatic carbocycles. The Hall–Kier alpha value is -2.37. The number of carbonyl (C=O) groups is 3. The van der Waals surface area contributed by atoms with Crippen molar-refractivity contribution < 1.29 is 19.5 Å². The van der Waals surface area contributed by atoms with Crippen LogP contribution in [0.5, 0.6) is 0 Å². The molecule has 1 aromatic rings. The molecule has 2 fully saturated rings. The number of nitrogens with zero attached hydrogens (tertiary/aromatic N) is 1. The Morgan fingerprint density at radius 1 is 1.24 bits per heavy atom. The van der Waals surface area contributed by atoms with Crippen LogP contribution >= 0.6 is 0 Å². The van der Waals surface area contributed by atoms with E-state index < -0.39 is 5.97 Å². The molecule has 1 aliphatic carbocycles. The fourth-order valence-corrected chi connectivity index (χ4v) is 2.80. The molecule has 0 radical (unpaired) electrons. The quantitative estimate of drug-likeness (QED) is 0.852. The standard InChI is InChI=1S/C15H16N2O4/c18-12-9-17(13(19)8-16-12)11-3-1-10(2-4-11)15(5-6-15)7-14(20)21/h1-4H,5-9H2,(H,16,18)(H,20,21). The third-order valence-electron chi connectivity index (χ3n) is 4.17. The Kier molecular flexibility index (Phi) is 3.16. The maximum Gasteiger partial charge on any atom is 0.304 e. The van der Waals surface area contributed by atoms with E-state index in [-0.39, 0.29) is 36.7 Å². The first-order chi connectivity index (χ1) is 10.00. The highest BCUT2D eigenvalue weighted by Crippen LogP contribution is 2.51. The van der Waals surface area contributed by atoms with Gasteiger partial charge < -0.3 is 15.3 Å². The van der Waals surface area contributed by atoms with Gasteiger partial charge >= 0.3 is 5.97 Å². The summed E-state index contributed by atoms with van der Waals surface area (Å²) in [6.45, 7) is 0.0436. The molecule has 1 heterocycles. The van der Waals surface area contributed by atoms with Crippen molar-refractivity contribution in [2.24, 2.45) is 0 Å². The summed E-state index contributed by atoms with van der Waals surface area (Å²) in [5, 5.41) is 11.5. The Balaban J connectivity index is 1.79. The fourth-order valence-electron chi connectivity index (χ4n) is 2.80. The van der Waals surface area contributed by atoms with Crippen molar-refractivity contribution in [2.75, 3.05) is 18.0 Å². The van der Waals surface area contributed by atoms with Crippen molar-refractivity contribution in [3.05, 3.63) is 29.8 Å². The first-order valence-electron chi connectivity index (χ1n) is 6.90. The number of carbonyl (C=O) groups excluding carboxylic acids is 2. The van der Waals surface area contributed by atoms with E-state index in [1.54, 1.807) is 12.1 Å². The van der Waals surface area contributed by atoms with E-state index in [4.69, 9.17) is 5.11 Å². The number of hydrogen-bond donors (Lipinski definition) is 2. The van der Waals surface area contributed by atoms with Gasteiger partial charge in [-0.15, -0.1) is 0 Å². The molecule has 0 atom stereocenters. The summed E-state index contributed by atoms with van der Waals surface area (Å²) in [4.78, 5) is 35.6. The minimum Gasteiger partial charge on any atom is -0.481 e. The van der Waals surface area contributed by atoms with Crippen LogP contribution < -0.4 is 10.2 Å². The Morgan fingerprint density at radius 2 is 1.90 bits per heavy atom. The molecule has 110 valence electrons. The molecule has 1 saturated heterocycles. The number of benzene rings is 1. The van der Waals surface area contributed by atoms with Crippen LogP contribution in [0.4, 0.5) is 5.69 Å². The van der Waals surface area contributed by atoms with E-state index in [0.717, 1.165) is 18.4 Å². The van der Waals surface area contributed by atoms with Crippen LogP contribution in [0.25, 0.3) is 0 Å². The molecular formula is C15H16N2O4. The van der Waals surface area contributed by atoms with Gasteiger partial charge in [-0.3, -0.25) is 14.4 Å². The van der Waals surface area contributed by atoms with E-state index in [2.05, 4.69) is 5.32 Å². The van der Waals surface area contributed by atoms with Crippen molar-refractivity contribution in [1.82, 2.24) is 5.32 Å². The van der Waals surface area contributed by atoms with E-state index >= 15 is 0 Å². The zero-order valence-electron chi connectivity index (χ0n) is 11.5. The molecule has 3 rings (SSSR count). The lowest BCUT2D eigenvalue weighted by Gasteiger charge is -2.27. The zero-order valence-corrected chi connectivity index (χ0v) is 11.5. The number of amides is 2. The first-order valence-corrected chi connectivity index (χ1v) is 6.90. The van der Waals surface area contributed by atoms with Crippen LogP contribution in [-0.2, 0) is 19.8 Å². The van der Waals surface area contributed by atoms with Crippen LogP contribution in [0.15, 0.2) is 24.3 Å². The van der Waals surface area contributed by atoms with Gasteiger partial charge in [0.2, 0.25) is 11.8 Å². The second-order valence-corrected chi connectivity index (χ2v) is 5.65. The number of hydrogen-bond acceptors (Lipinski definition) is 3. The lowest BCUT2D eigenvalue weighted by molar-refractivity contribution is -0.137. The molecule has 0 spiro atoms. The molecule has 6 nitrogen and oxygen atoms in total. The third-order valence-corrected chi connectivity index (χ3v) is 4.17. The highest BCUT2D eigenvalue weighted by atomic mass is 16.4. The van der Waals surface area contributed by atoms with E-state index in [0.29, 0.717) is 5.69 Å². The second-order valence-electron chi connectivity index (χ2n) is 5.65. The Bertz CT molecular complexity index is 605. The number of rotatable bonds is 4. The van der Waals surface area contributed by atoms with Gasteiger partial charge in [0.25, 0.3) is 0 Å². The maximum atomic E-state index is 11.8. The predicted molar refractivity (Wildman–Crippen MR) is 75.0 cm³/mol. The number of piperazine rings is 1. The molecule has 0 aromatic heterocycles. The molecule has 2 N–H and O–H groups in total. The number of nitrogens with one attached hydrogen (secondary N) is 1. The summed E-state index contributed by atoms with van der Waals surface area (Å²) >= 11 is 0. The van der Waals surface area contributed by atoms with Gasteiger partial charge in [0, 0.05) is 11.1 Å². The van der Waals surface area contributed by atoms with Gasteiger partial charge in [-0.05, 0) is 30.5 Å². The fraction of sp³-hybridized carbons (Fsp3) is 0.400. The van der Waals surface area contributed by atoms with Crippen molar-refractivity contribution in [1.29, 1.82) is 0 Å². The molecular weight excluding hydrogens is 272 g/mol. The largest absolute Gasteiger partial charge is 0.481 e. The smallest absolute Gasteiger partial charge is 0.304 e. The molecule has 2 aliphatic rings. The summed E-state index contributed by atoms with van der Waals surface area (Å²) in [7, 11) is 0. The summed E-state index contributed by atoms with van der Waals surface area (Å²) in [5.74, 6) is -1.11. The van der Waals surface area contributed by atoms with Gasteiger partial charge in [0.15, 0.2) is 0 Å². The third kappa shape index (κ3) is 2.61. The number of carboxylic acids is 1. The zero-order chi connectivity index (χ0) is 15.0. The molecule has 0 unspecified atom stereocenters. The average Bonchev–Trinajstić information content (AvgIpc) is 3.22. The number of anilines is 1. The van der Waals surface area contributed by atoms with E-state index in [1.807, 2.05) is 12.1 Å². The first kappa shape index (κ1) is 13.6. The van der Waals surface area contributed by atoms with E-state index in [1.165, 1.54) is 4.90 Å². The summed E-state index contributed by atoms with van der Waals surface area (Å²) in [6.07, 6.45) is 1.89. The molecule has 0 bridgehead atoms. The van der Waals surface area contributed by atoms with Crippen LogP contribution in [0.2, 0.25) is 0 Å². The minimum atomic E-state index is -0.792. The van der Waals surface area contributed by atoms with Gasteiger partial charge in [-0.1, -0.05) is 12.1 Å². The van der Waals surface area contributed by atoms with Gasteiger partial charge in [0.1, 0.15) is 6.54 Å². The normalized spacial score (nSPS) is 20.1. The minimum absolute atomic E-state index is 0.0174. The highest BCUT2D eigenvalue weighted by Gasteiger charge is 2.45. The predicted octanol–water partition coefficient (Wildman–Crippen LogP) is 0.656. The van der Waals surface area contributed by atoms with Crippen LogP contribution in [0.3, 0.4) is 0 Å². The second kappa shape index (κ2) is 4.87. The summed E-state index contributed by atoms with van der Waals surface area (Å²) in [6, 6.07) is 7.30. The summed E-state index contributed by atoms with van der Waals surface area (Å²) in [5.41, 5.74) is 1.42. The van der Waals surface area contributed by atoms with Gasteiger partial charge in [0.05, 0.1) is 13.0 Å². The molecule has 21 heavy (non-hydrogen) atoms. The maximum absolute atomic E-state index is 11.8. The number of aliphatic carboxylic acids is 1. The van der Waals surface area contributed by atoms with Gasteiger partial charge in [-0.2, -0.15) is 0 Å². The molecule has 1 aliphatic heterocycles. The Labute approximate surface area is 121 Å². The van der Waals surface area contributed by atoms with Crippen molar-refractivity contribution in [3.63, 3.8) is 0 Å². The highest BCUT2D eigenvalue weighted by molar-refractivity contribution is 6.04. The lowest BCUT2D eigenvalue weighted by Crippen LogP contribution is -2.51.